The van der Waals surface area contributed by atoms with Gasteiger partial charge in [0.2, 0.25) is 0 Å². The molecule has 0 spiro atoms. The van der Waals surface area contributed by atoms with E-state index in [0.29, 0.717) is 35.8 Å². The van der Waals surface area contributed by atoms with Crippen LogP contribution in [0.25, 0.3) is 11.3 Å². The molecule has 0 fully saturated rings. The number of hydrogen-bond donors (Lipinski definition) is 1. The van der Waals surface area contributed by atoms with Gasteiger partial charge in [-0.15, -0.1) is 0 Å². The zero-order valence-corrected chi connectivity index (χ0v) is 15.7. The van der Waals surface area contributed by atoms with Gasteiger partial charge in [0, 0.05) is 35.3 Å². The van der Waals surface area contributed by atoms with Gasteiger partial charge in [-0.3, -0.25) is 9.59 Å². The second kappa shape index (κ2) is 8.64. The van der Waals surface area contributed by atoms with Crippen LogP contribution < -0.4 is 10.9 Å². The highest BCUT2D eigenvalue weighted by atomic mass is 35.5. The molecule has 138 valence electrons. The molecule has 0 aliphatic heterocycles. The Morgan fingerprint density at radius 3 is 2.63 bits per heavy atom. The third-order valence-electron chi connectivity index (χ3n) is 4.12. The number of benzene rings is 2. The van der Waals surface area contributed by atoms with Crippen molar-refractivity contribution in [1.29, 1.82) is 0 Å². The van der Waals surface area contributed by atoms with E-state index in [1.54, 1.807) is 24.3 Å². The van der Waals surface area contributed by atoms with Gasteiger partial charge in [-0.05, 0) is 43.7 Å². The highest BCUT2D eigenvalue weighted by molar-refractivity contribution is 6.30. The van der Waals surface area contributed by atoms with Gasteiger partial charge < -0.3 is 5.32 Å². The second-order valence-electron chi connectivity index (χ2n) is 6.27. The summed E-state index contributed by atoms with van der Waals surface area (Å²) < 4.78 is 1.42. The molecule has 0 bridgehead atoms. The van der Waals surface area contributed by atoms with E-state index in [1.807, 2.05) is 37.3 Å². The van der Waals surface area contributed by atoms with Crippen molar-refractivity contribution in [3.05, 3.63) is 87.2 Å². The summed E-state index contributed by atoms with van der Waals surface area (Å²) in [5.74, 6) is -0.117. The van der Waals surface area contributed by atoms with Gasteiger partial charge in [0.1, 0.15) is 0 Å². The normalized spacial score (nSPS) is 10.6. The number of aromatic nitrogens is 2. The molecule has 6 heteroatoms. The molecule has 0 aliphatic rings. The molecule has 1 heterocycles. The minimum Gasteiger partial charge on any atom is -0.352 e. The lowest BCUT2D eigenvalue weighted by Crippen LogP contribution is -2.28. The standard InChI is InChI=1S/C21H20ClN3O2/c1-15-4-2-5-17(14-15)21(27)23-12-3-13-25-20(26)11-10-19(24-25)16-6-8-18(22)9-7-16/h2,4-11,14H,3,12-13H2,1H3,(H,23,27). The van der Waals surface area contributed by atoms with Crippen molar-refractivity contribution in [2.24, 2.45) is 0 Å². The van der Waals surface area contributed by atoms with Crippen molar-refractivity contribution in [2.45, 2.75) is 19.9 Å². The van der Waals surface area contributed by atoms with Gasteiger partial charge in [0.15, 0.2) is 0 Å². The van der Waals surface area contributed by atoms with Crippen LogP contribution in [0.5, 0.6) is 0 Å². The van der Waals surface area contributed by atoms with Crippen LogP contribution in [0, 0.1) is 6.92 Å². The summed E-state index contributed by atoms with van der Waals surface area (Å²) in [4.78, 5) is 24.2. The minimum atomic E-state index is -0.169. The lowest BCUT2D eigenvalue weighted by atomic mass is 10.1. The fraction of sp³-hybridized carbons (Fsp3) is 0.190. The van der Waals surface area contributed by atoms with Crippen LogP contribution in [-0.2, 0) is 6.54 Å². The summed E-state index contributed by atoms with van der Waals surface area (Å²) in [7, 11) is 0. The third-order valence-corrected chi connectivity index (χ3v) is 4.37. The van der Waals surface area contributed by atoms with Gasteiger partial charge >= 0.3 is 0 Å². The first-order chi connectivity index (χ1) is 13.0. The Hall–Kier alpha value is -2.92. The fourth-order valence-electron chi connectivity index (χ4n) is 2.70. The first-order valence-corrected chi connectivity index (χ1v) is 9.10. The molecule has 3 aromatic rings. The van der Waals surface area contributed by atoms with Gasteiger partial charge in [-0.2, -0.15) is 5.10 Å². The maximum atomic E-state index is 12.1. The van der Waals surface area contributed by atoms with Crippen LogP contribution in [-0.4, -0.2) is 22.2 Å². The lowest BCUT2D eigenvalue weighted by Gasteiger charge is -2.09. The van der Waals surface area contributed by atoms with Gasteiger partial charge in [0.05, 0.1) is 5.69 Å². The van der Waals surface area contributed by atoms with E-state index >= 15 is 0 Å². The Balaban J connectivity index is 1.59. The number of halogens is 1. The van der Waals surface area contributed by atoms with E-state index in [1.165, 1.54) is 10.7 Å². The van der Waals surface area contributed by atoms with E-state index in [-0.39, 0.29) is 11.5 Å². The van der Waals surface area contributed by atoms with Crippen LogP contribution in [0.3, 0.4) is 0 Å². The van der Waals surface area contributed by atoms with Gasteiger partial charge in [0.25, 0.3) is 11.5 Å². The molecule has 0 unspecified atom stereocenters. The Bertz CT molecular complexity index is 997. The zero-order chi connectivity index (χ0) is 19.2. The van der Waals surface area contributed by atoms with Crippen molar-refractivity contribution in [1.82, 2.24) is 15.1 Å². The maximum Gasteiger partial charge on any atom is 0.266 e. The number of nitrogens with zero attached hydrogens (tertiary/aromatic N) is 2. The second-order valence-corrected chi connectivity index (χ2v) is 6.70. The monoisotopic (exact) mass is 381 g/mol. The number of aryl methyl sites for hydroxylation is 2. The number of carbonyl (C=O) groups excluding carboxylic acids is 1. The Morgan fingerprint density at radius 1 is 1.11 bits per heavy atom. The van der Waals surface area contributed by atoms with Crippen molar-refractivity contribution < 1.29 is 4.79 Å². The molecule has 1 amide bonds. The van der Waals surface area contributed by atoms with Crippen LogP contribution in [0.2, 0.25) is 5.02 Å². The number of rotatable bonds is 6. The number of nitrogens with one attached hydrogen (secondary N) is 1. The highest BCUT2D eigenvalue weighted by Gasteiger charge is 2.06. The predicted octanol–water partition coefficient (Wildman–Crippen LogP) is 3.69. The quantitative estimate of drug-likeness (QED) is 0.662. The lowest BCUT2D eigenvalue weighted by molar-refractivity contribution is 0.0952. The fourth-order valence-corrected chi connectivity index (χ4v) is 2.83. The highest BCUT2D eigenvalue weighted by Crippen LogP contribution is 2.18. The Morgan fingerprint density at radius 2 is 1.89 bits per heavy atom. The molecule has 27 heavy (non-hydrogen) atoms. The SMILES string of the molecule is Cc1cccc(C(=O)NCCCn2nc(-c3ccc(Cl)cc3)ccc2=O)c1. The zero-order valence-electron chi connectivity index (χ0n) is 15.0. The molecule has 2 aromatic carbocycles. The first-order valence-electron chi connectivity index (χ1n) is 8.72. The summed E-state index contributed by atoms with van der Waals surface area (Å²) in [5, 5.41) is 7.93. The van der Waals surface area contributed by atoms with Crippen molar-refractivity contribution in [2.75, 3.05) is 6.54 Å². The average molecular weight is 382 g/mol. The van der Waals surface area contributed by atoms with Crippen LogP contribution in [0.1, 0.15) is 22.3 Å². The first kappa shape index (κ1) is 18.9. The van der Waals surface area contributed by atoms with Crippen LogP contribution >= 0.6 is 11.6 Å². The minimum absolute atomic E-state index is 0.117. The molecule has 0 atom stereocenters. The molecule has 0 radical (unpaired) electrons. The number of carbonyl (C=O) groups is 1. The molecule has 5 nitrogen and oxygen atoms in total. The van der Waals surface area contributed by atoms with E-state index in [4.69, 9.17) is 11.6 Å². The summed E-state index contributed by atoms with van der Waals surface area (Å²) in [6.45, 7) is 2.84. The van der Waals surface area contributed by atoms with Crippen molar-refractivity contribution in [3.63, 3.8) is 0 Å². The molecular weight excluding hydrogens is 362 g/mol. The predicted molar refractivity (Wildman–Crippen MR) is 107 cm³/mol. The van der Waals surface area contributed by atoms with Crippen molar-refractivity contribution in [3.8, 4) is 11.3 Å². The van der Waals surface area contributed by atoms with Crippen LogP contribution in [0.4, 0.5) is 0 Å². The van der Waals surface area contributed by atoms with E-state index in [2.05, 4.69) is 10.4 Å². The topological polar surface area (TPSA) is 64.0 Å². The molecule has 0 aliphatic carbocycles. The number of amides is 1. The Kier molecular flexibility index (Phi) is 6.04. The van der Waals surface area contributed by atoms with E-state index in [9.17, 15) is 9.59 Å². The molecule has 0 saturated heterocycles. The summed E-state index contributed by atoms with van der Waals surface area (Å²) in [6, 6.07) is 17.9. The van der Waals surface area contributed by atoms with Crippen molar-refractivity contribution >= 4 is 17.5 Å². The molecule has 0 saturated carbocycles. The van der Waals surface area contributed by atoms with Crippen LogP contribution in [0.15, 0.2) is 65.5 Å². The summed E-state index contributed by atoms with van der Waals surface area (Å²) in [6.07, 6.45) is 0.606. The van der Waals surface area contributed by atoms with Gasteiger partial charge in [-0.1, -0.05) is 41.4 Å². The molecule has 3 rings (SSSR count). The summed E-state index contributed by atoms with van der Waals surface area (Å²) in [5.41, 5.74) is 3.10. The smallest absolute Gasteiger partial charge is 0.266 e. The van der Waals surface area contributed by atoms with E-state index < -0.39 is 0 Å². The largest absolute Gasteiger partial charge is 0.352 e. The average Bonchev–Trinajstić information content (AvgIpc) is 2.67. The molecular formula is C21H20ClN3O2. The Labute approximate surface area is 162 Å². The number of hydrogen-bond acceptors (Lipinski definition) is 3. The molecule has 1 N–H and O–H groups in total. The van der Waals surface area contributed by atoms with E-state index in [0.717, 1.165) is 11.1 Å². The maximum absolute atomic E-state index is 12.1. The third kappa shape index (κ3) is 5.05. The molecule has 1 aromatic heterocycles. The summed E-state index contributed by atoms with van der Waals surface area (Å²) >= 11 is 5.91. The van der Waals surface area contributed by atoms with Gasteiger partial charge in [-0.25, -0.2) is 4.68 Å².